The van der Waals surface area contributed by atoms with Gasteiger partial charge in [0, 0.05) is 0 Å². The first-order valence-electron chi connectivity index (χ1n) is 7.50. The van der Waals surface area contributed by atoms with Crippen LogP contribution in [0.4, 0.5) is 0 Å². The number of hydrogen-bond acceptors (Lipinski definition) is 4. The van der Waals surface area contributed by atoms with Gasteiger partial charge in [-0.1, -0.05) is 13.0 Å². The fourth-order valence-corrected chi connectivity index (χ4v) is 2.17. The number of ether oxygens (including phenoxy) is 3. The van der Waals surface area contributed by atoms with E-state index in [9.17, 15) is 0 Å². The Hall–Kier alpha value is -1.26. The summed E-state index contributed by atoms with van der Waals surface area (Å²) in [6, 6.07) is 5.97. The lowest BCUT2D eigenvalue weighted by Gasteiger charge is -2.13. The van der Waals surface area contributed by atoms with Crippen molar-refractivity contribution in [3.05, 3.63) is 23.8 Å². The zero-order valence-corrected chi connectivity index (χ0v) is 12.5. The summed E-state index contributed by atoms with van der Waals surface area (Å²) < 4.78 is 16.5. The minimum atomic E-state index is 0.281. The number of benzene rings is 1. The second-order valence-electron chi connectivity index (χ2n) is 5.20. The maximum absolute atomic E-state index is 5.87. The molecule has 0 aromatic heterocycles. The number of nitrogens with one attached hydrogen (secondary N) is 1. The summed E-state index contributed by atoms with van der Waals surface area (Å²) in [5.41, 5.74) is 1.13. The second-order valence-corrected chi connectivity index (χ2v) is 5.20. The van der Waals surface area contributed by atoms with Gasteiger partial charge in [0.05, 0.1) is 12.7 Å². The molecule has 0 radical (unpaired) electrons. The lowest BCUT2D eigenvalue weighted by atomic mass is 10.2. The van der Waals surface area contributed by atoms with E-state index in [1.807, 2.05) is 18.2 Å². The maximum Gasteiger partial charge on any atom is 0.231 e. The van der Waals surface area contributed by atoms with Crippen molar-refractivity contribution in [3.8, 4) is 11.5 Å². The van der Waals surface area contributed by atoms with Crippen molar-refractivity contribution in [2.24, 2.45) is 0 Å². The predicted octanol–water partition coefficient (Wildman–Crippen LogP) is 3.10. The van der Waals surface area contributed by atoms with Gasteiger partial charge in [-0.2, -0.15) is 0 Å². The molecule has 1 heterocycles. The highest BCUT2D eigenvalue weighted by atomic mass is 16.7. The summed E-state index contributed by atoms with van der Waals surface area (Å²) in [4.78, 5) is 0. The van der Waals surface area contributed by atoms with Gasteiger partial charge in [0.2, 0.25) is 6.79 Å². The molecule has 2 rings (SSSR count). The minimum Gasteiger partial charge on any atom is -0.454 e. The van der Waals surface area contributed by atoms with Crippen molar-refractivity contribution in [2.75, 3.05) is 19.9 Å². The highest BCUT2D eigenvalue weighted by molar-refractivity contribution is 5.44. The van der Waals surface area contributed by atoms with E-state index >= 15 is 0 Å². The zero-order valence-electron chi connectivity index (χ0n) is 12.5. The molecule has 0 amide bonds. The summed E-state index contributed by atoms with van der Waals surface area (Å²) in [6.07, 6.45) is 3.71. The first-order valence-corrected chi connectivity index (χ1v) is 7.50. The molecule has 0 bridgehead atoms. The van der Waals surface area contributed by atoms with E-state index in [1.165, 1.54) is 6.42 Å². The van der Waals surface area contributed by atoms with Crippen LogP contribution >= 0.6 is 0 Å². The second kappa shape index (κ2) is 8.12. The maximum atomic E-state index is 5.87. The predicted molar refractivity (Wildman–Crippen MR) is 79.2 cm³/mol. The van der Waals surface area contributed by atoms with Crippen LogP contribution in [-0.2, 0) is 11.3 Å². The van der Waals surface area contributed by atoms with Gasteiger partial charge < -0.3 is 19.5 Å². The SMILES string of the molecule is CCCNCCCC(C)OCc1ccc2c(c1)OCO2. The van der Waals surface area contributed by atoms with Crippen molar-refractivity contribution < 1.29 is 14.2 Å². The highest BCUT2D eigenvalue weighted by Crippen LogP contribution is 2.32. The Morgan fingerprint density at radius 1 is 1.25 bits per heavy atom. The monoisotopic (exact) mass is 279 g/mol. The van der Waals surface area contributed by atoms with Crippen LogP contribution in [0.3, 0.4) is 0 Å². The first kappa shape index (κ1) is 15.1. The third kappa shape index (κ3) is 4.69. The third-order valence-corrected chi connectivity index (χ3v) is 3.36. The molecule has 0 saturated heterocycles. The van der Waals surface area contributed by atoms with Gasteiger partial charge >= 0.3 is 0 Å². The van der Waals surface area contributed by atoms with E-state index < -0.39 is 0 Å². The first-order chi connectivity index (χ1) is 9.79. The van der Waals surface area contributed by atoms with Crippen molar-refractivity contribution >= 4 is 0 Å². The smallest absolute Gasteiger partial charge is 0.231 e. The minimum absolute atomic E-state index is 0.281. The van der Waals surface area contributed by atoms with Crippen LogP contribution in [0.1, 0.15) is 38.7 Å². The molecule has 1 aromatic carbocycles. The lowest BCUT2D eigenvalue weighted by molar-refractivity contribution is 0.0463. The molecule has 0 saturated carbocycles. The molecule has 0 spiro atoms. The van der Waals surface area contributed by atoms with Gasteiger partial charge in [-0.3, -0.25) is 0 Å². The molecule has 112 valence electrons. The molecule has 4 nitrogen and oxygen atoms in total. The molecule has 1 unspecified atom stereocenters. The Kier molecular flexibility index (Phi) is 6.15. The molecule has 1 aliphatic rings. The largest absolute Gasteiger partial charge is 0.454 e. The van der Waals surface area contributed by atoms with E-state index in [2.05, 4.69) is 19.2 Å². The molecule has 1 atom stereocenters. The van der Waals surface area contributed by atoms with Crippen molar-refractivity contribution in [1.82, 2.24) is 5.32 Å². The van der Waals surface area contributed by atoms with Gasteiger partial charge in [-0.05, 0) is 57.0 Å². The van der Waals surface area contributed by atoms with Crippen LogP contribution in [0.15, 0.2) is 18.2 Å². The topological polar surface area (TPSA) is 39.7 Å². The van der Waals surface area contributed by atoms with Crippen LogP contribution in [0.25, 0.3) is 0 Å². The number of fused-ring (bicyclic) bond motifs is 1. The average Bonchev–Trinajstić information content (AvgIpc) is 2.92. The van der Waals surface area contributed by atoms with Crippen molar-refractivity contribution in [3.63, 3.8) is 0 Å². The van der Waals surface area contributed by atoms with Gasteiger partial charge in [-0.25, -0.2) is 0 Å². The van der Waals surface area contributed by atoms with E-state index in [0.29, 0.717) is 13.4 Å². The zero-order chi connectivity index (χ0) is 14.2. The summed E-state index contributed by atoms with van der Waals surface area (Å²) in [6.45, 7) is 7.44. The van der Waals surface area contributed by atoms with Gasteiger partial charge in [0.15, 0.2) is 11.5 Å². The molecule has 1 aliphatic heterocycles. The fourth-order valence-electron chi connectivity index (χ4n) is 2.17. The number of hydrogen-bond donors (Lipinski definition) is 1. The Morgan fingerprint density at radius 2 is 2.10 bits per heavy atom. The molecule has 1 N–H and O–H groups in total. The summed E-state index contributed by atoms with van der Waals surface area (Å²) >= 11 is 0. The standard InChI is InChI=1S/C16H25NO3/c1-3-8-17-9-4-5-13(2)18-11-14-6-7-15-16(10-14)20-12-19-15/h6-7,10,13,17H,3-5,8-9,11-12H2,1-2H3. The normalized spacial score (nSPS) is 14.5. The Morgan fingerprint density at radius 3 is 2.95 bits per heavy atom. The Labute approximate surface area is 121 Å². The van der Waals surface area contributed by atoms with E-state index in [4.69, 9.17) is 14.2 Å². The quantitative estimate of drug-likeness (QED) is 0.705. The lowest BCUT2D eigenvalue weighted by Crippen LogP contribution is -2.18. The molecule has 1 aromatic rings. The average molecular weight is 279 g/mol. The van der Waals surface area contributed by atoms with Crippen LogP contribution in [-0.4, -0.2) is 26.0 Å². The van der Waals surface area contributed by atoms with Gasteiger partial charge in [0.25, 0.3) is 0 Å². The molecule has 20 heavy (non-hydrogen) atoms. The van der Waals surface area contributed by atoms with Gasteiger partial charge in [0.1, 0.15) is 0 Å². The van der Waals surface area contributed by atoms with Crippen LogP contribution in [0.2, 0.25) is 0 Å². The Balaban J connectivity index is 1.64. The molecule has 0 aliphatic carbocycles. The fraction of sp³-hybridized carbons (Fsp3) is 0.625. The summed E-state index contributed by atoms with van der Waals surface area (Å²) in [7, 11) is 0. The molecule has 4 heteroatoms. The van der Waals surface area contributed by atoms with Crippen LogP contribution in [0, 0.1) is 0 Å². The van der Waals surface area contributed by atoms with E-state index in [-0.39, 0.29) is 6.10 Å². The molecule has 0 fully saturated rings. The molecular formula is C16H25NO3. The third-order valence-electron chi connectivity index (χ3n) is 3.36. The van der Waals surface area contributed by atoms with E-state index in [0.717, 1.165) is 43.0 Å². The highest BCUT2D eigenvalue weighted by Gasteiger charge is 2.13. The van der Waals surface area contributed by atoms with Crippen LogP contribution in [0.5, 0.6) is 11.5 Å². The van der Waals surface area contributed by atoms with Gasteiger partial charge in [-0.15, -0.1) is 0 Å². The summed E-state index contributed by atoms with van der Waals surface area (Å²) in [5, 5.41) is 3.41. The molecular weight excluding hydrogens is 254 g/mol. The van der Waals surface area contributed by atoms with Crippen molar-refractivity contribution in [2.45, 2.75) is 45.8 Å². The van der Waals surface area contributed by atoms with Crippen LogP contribution < -0.4 is 14.8 Å². The number of rotatable bonds is 9. The summed E-state index contributed by atoms with van der Waals surface area (Å²) in [5.74, 6) is 1.64. The van der Waals surface area contributed by atoms with Crippen molar-refractivity contribution in [1.29, 1.82) is 0 Å². The Bertz CT molecular complexity index is 409. The van der Waals surface area contributed by atoms with E-state index in [1.54, 1.807) is 0 Å².